The van der Waals surface area contributed by atoms with Gasteiger partial charge >= 0.3 is 5.97 Å². The molecule has 0 aliphatic carbocycles. The smallest absolute Gasteiger partial charge is 0.348 e. The van der Waals surface area contributed by atoms with Crippen molar-refractivity contribution in [3.63, 3.8) is 0 Å². The number of carbonyl (C=O) groups is 1. The first-order valence-electron chi connectivity index (χ1n) is 8.57. The maximum absolute atomic E-state index is 11.7. The van der Waals surface area contributed by atoms with Crippen molar-refractivity contribution in [2.75, 3.05) is 0 Å². The van der Waals surface area contributed by atoms with Gasteiger partial charge in [0.15, 0.2) is 0 Å². The number of aromatic nitrogens is 1. The van der Waals surface area contributed by atoms with E-state index >= 15 is 0 Å². The minimum absolute atomic E-state index is 0.0762. The van der Waals surface area contributed by atoms with E-state index in [0.717, 1.165) is 28.0 Å². The van der Waals surface area contributed by atoms with Crippen LogP contribution < -0.4 is 5.73 Å². The van der Waals surface area contributed by atoms with Crippen LogP contribution in [0.3, 0.4) is 0 Å². The molecule has 0 unspecified atom stereocenters. The second-order valence-corrected chi connectivity index (χ2v) is 7.57. The molecule has 2 aromatic carbocycles. The predicted molar refractivity (Wildman–Crippen MR) is 108 cm³/mol. The van der Waals surface area contributed by atoms with E-state index in [2.05, 4.69) is 4.98 Å². The predicted octanol–water partition coefficient (Wildman–Crippen LogP) is 4.08. The van der Waals surface area contributed by atoms with Gasteiger partial charge in [0, 0.05) is 30.2 Å². The second-order valence-electron chi connectivity index (χ2n) is 6.49. The highest BCUT2D eigenvalue weighted by molar-refractivity contribution is 7.14. The summed E-state index contributed by atoms with van der Waals surface area (Å²) in [5.74, 6) is -1.03. The first-order chi connectivity index (χ1) is 13.3. The zero-order chi connectivity index (χ0) is 20.4. The molecule has 0 radical (unpaired) electrons. The van der Waals surface area contributed by atoms with Gasteiger partial charge in [0.2, 0.25) is 0 Å². The van der Waals surface area contributed by atoms with Crippen molar-refractivity contribution >= 4 is 23.0 Å². The van der Waals surface area contributed by atoms with Crippen LogP contribution in [0.25, 0.3) is 11.3 Å². The van der Waals surface area contributed by atoms with Crippen LogP contribution in [0.4, 0.5) is 5.69 Å². The Morgan fingerprint density at radius 2 is 1.89 bits per heavy atom. The zero-order valence-corrected chi connectivity index (χ0v) is 16.2. The van der Waals surface area contributed by atoms with Crippen molar-refractivity contribution < 1.29 is 14.8 Å². The van der Waals surface area contributed by atoms with Gasteiger partial charge in [-0.2, -0.15) is 0 Å². The Balaban J connectivity index is 1.99. The van der Waals surface area contributed by atoms with Gasteiger partial charge in [-0.1, -0.05) is 24.3 Å². The quantitative estimate of drug-likeness (QED) is 0.478. The molecule has 3 rings (SSSR count). The summed E-state index contributed by atoms with van der Waals surface area (Å²) in [5.41, 5.74) is 10.0. The largest absolute Gasteiger partial charge is 0.477 e. The SMILES string of the molecule is Cc1cc([N+](=O)[O-])c(C)cc1Cc1nc(-c2ccc(CN)cc2)c(C(=O)O)s1. The van der Waals surface area contributed by atoms with Gasteiger partial charge in [0.1, 0.15) is 4.88 Å². The number of thiazole rings is 1. The lowest BCUT2D eigenvalue weighted by molar-refractivity contribution is -0.385. The van der Waals surface area contributed by atoms with Crippen LogP contribution in [0, 0.1) is 24.0 Å². The molecule has 1 heterocycles. The van der Waals surface area contributed by atoms with Gasteiger partial charge < -0.3 is 10.8 Å². The van der Waals surface area contributed by atoms with Crippen molar-refractivity contribution in [2.24, 2.45) is 5.73 Å². The summed E-state index contributed by atoms with van der Waals surface area (Å²) in [6.45, 7) is 3.91. The van der Waals surface area contributed by atoms with E-state index in [1.165, 1.54) is 0 Å². The third kappa shape index (κ3) is 3.92. The third-order valence-electron chi connectivity index (χ3n) is 4.52. The monoisotopic (exact) mass is 397 g/mol. The molecule has 1 aromatic heterocycles. The number of carboxylic acid groups (broad SMARTS) is 1. The average molecular weight is 397 g/mol. The third-order valence-corrected chi connectivity index (χ3v) is 5.56. The van der Waals surface area contributed by atoms with Gasteiger partial charge in [0.05, 0.1) is 15.6 Å². The fraction of sp³-hybridized carbons (Fsp3) is 0.200. The van der Waals surface area contributed by atoms with Crippen LogP contribution in [-0.2, 0) is 13.0 Å². The van der Waals surface area contributed by atoms with E-state index in [4.69, 9.17) is 5.73 Å². The summed E-state index contributed by atoms with van der Waals surface area (Å²) in [7, 11) is 0. The van der Waals surface area contributed by atoms with Gasteiger partial charge in [0.25, 0.3) is 5.69 Å². The Bertz CT molecular complexity index is 1060. The highest BCUT2D eigenvalue weighted by Gasteiger charge is 2.20. The van der Waals surface area contributed by atoms with E-state index in [9.17, 15) is 20.0 Å². The van der Waals surface area contributed by atoms with Crippen LogP contribution in [0.5, 0.6) is 0 Å². The van der Waals surface area contributed by atoms with Gasteiger partial charge in [-0.25, -0.2) is 9.78 Å². The van der Waals surface area contributed by atoms with Crippen LogP contribution in [0.2, 0.25) is 0 Å². The number of hydrogen-bond acceptors (Lipinski definition) is 6. The molecule has 0 bridgehead atoms. The number of nitro benzene ring substituents is 1. The Morgan fingerprint density at radius 3 is 2.46 bits per heavy atom. The normalized spacial score (nSPS) is 10.8. The first kappa shape index (κ1) is 19.7. The number of nitro groups is 1. The second kappa shape index (κ2) is 7.87. The van der Waals surface area contributed by atoms with Crippen LogP contribution in [0.15, 0.2) is 36.4 Å². The van der Waals surface area contributed by atoms with E-state index < -0.39 is 10.9 Å². The molecule has 0 aliphatic rings. The Morgan fingerprint density at radius 1 is 1.21 bits per heavy atom. The molecule has 0 atom stereocenters. The number of benzene rings is 2. The number of carboxylic acids is 1. The maximum atomic E-state index is 11.7. The molecule has 28 heavy (non-hydrogen) atoms. The number of aryl methyl sites for hydroxylation is 2. The molecule has 8 heteroatoms. The Labute approximate surface area is 165 Å². The Hall–Kier alpha value is -3.10. The van der Waals surface area contributed by atoms with Gasteiger partial charge in [-0.3, -0.25) is 10.1 Å². The van der Waals surface area contributed by atoms with E-state index in [1.54, 1.807) is 26.0 Å². The molecule has 7 nitrogen and oxygen atoms in total. The highest BCUT2D eigenvalue weighted by atomic mass is 32.1. The van der Waals surface area contributed by atoms with Crippen molar-refractivity contribution in [3.05, 3.63) is 78.7 Å². The summed E-state index contributed by atoms with van der Waals surface area (Å²) >= 11 is 1.12. The van der Waals surface area contributed by atoms with Crippen molar-refractivity contribution in [3.8, 4) is 11.3 Å². The Kier molecular flexibility index (Phi) is 5.53. The molecule has 0 amide bonds. The summed E-state index contributed by atoms with van der Waals surface area (Å²) in [4.78, 5) is 27.1. The molecular formula is C20H19N3O4S. The first-order valence-corrected chi connectivity index (χ1v) is 9.38. The molecule has 3 aromatic rings. The number of nitrogens with two attached hydrogens (primary N) is 1. The van der Waals surface area contributed by atoms with Crippen molar-refractivity contribution in [2.45, 2.75) is 26.8 Å². The highest BCUT2D eigenvalue weighted by Crippen LogP contribution is 2.31. The molecular weight excluding hydrogens is 378 g/mol. The summed E-state index contributed by atoms with van der Waals surface area (Å²) < 4.78 is 0. The number of aromatic carboxylic acids is 1. The lowest BCUT2D eigenvalue weighted by Crippen LogP contribution is -1.98. The summed E-state index contributed by atoms with van der Waals surface area (Å²) in [6.07, 6.45) is 0.413. The van der Waals surface area contributed by atoms with Crippen LogP contribution in [0.1, 0.15) is 36.9 Å². The van der Waals surface area contributed by atoms with Gasteiger partial charge in [-0.05, 0) is 36.6 Å². The summed E-state index contributed by atoms with van der Waals surface area (Å²) in [5, 5.41) is 21.3. The van der Waals surface area contributed by atoms with Gasteiger partial charge in [-0.15, -0.1) is 11.3 Å². The van der Waals surface area contributed by atoms with E-state index in [1.807, 2.05) is 24.3 Å². The lowest BCUT2D eigenvalue weighted by Gasteiger charge is -2.06. The van der Waals surface area contributed by atoms with E-state index in [-0.39, 0.29) is 10.6 Å². The molecule has 0 fully saturated rings. The van der Waals surface area contributed by atoms with E-state index in [0.29, 0.717) is 34.8 Å². The molecule has 0 saturated carbocycles. The number of rotatable bonds is 6. The minimum atomic E-state index is -1.03. The number of nitrogens with zero attached hydrogens (tertiary/aromatic N) is 2. The zero-order valence-electron chi connectivity index (χ0n) is 15.4. The lowest BCUT2D eigenvalue weighted by atomic mass is 10.0. The fourth-order valence-electron chi connectivity index (χ4n) is 2.99. The summed E-state index contributed by atoms with van der Waals surface area (Å²) in [6, 6.07) is 10.6. The fourth-order valence-corrected chi connectivity index (χ4v) is 3.94. The van der Waals surface area contributed by atoms with Crippen LogP contribution in [-0.4, -0.2) is 21.0 Å². The number of hydrogen-bond donors (Lipinski definition) is 2. The molecule has 0 aliphatic heterocycles. The van der Waals surface area contributed by atoms with Crippen molar-refractivity contribution in [1.82, 2.24) is 4.98 Å². The van der Waals surface area contributed by atoms with Crippen molar-refractivity contribution in [1.29, 1.82) is 0 Å². The topological polar surface area (TPSA) is 119 Å². The molecule has 3 N–H and O–H groups in total. The average Bonchev–Trinajstić information content (AvgIpc) is 3.08. The molecule has 0 spiro atoms. The standard InChI is InChI=1S/C20H19N3O4S/c1-11-8-16(23(26)27)12(2)7-15(11)9-17-22-18(19(28-17)20(24)25)14-5-3-13(10-21)4-6-14/h3-8H,9-10,21H2,1-2H3,(H,24,25). The van der Waals surface area contributed by atoms with Crippen LogP contribution >= 0.6 is 11.3 Å². The maximum Gasteiger partial charge on any atom is 0.348 e. The molecule has 144 valence electrons. The molecule has 0 saturated heterocycles. The minimum Gasteiger partial charge on any atom is -0.477 e.